The maximum Gasteiger partial charge on any atom is 0.255 e. The SMILES string of the molecule is Cc1cc(NC(=O)c2ccccc2)cc(-c2cc3c(-c4cc5c(-c6ccccc6F)nccc5[nH]4)n[nH]c3cc2C)c1. The van der Waals surface area contributed by atoms with Crippen molar-refractivity contribution in [3.8, 4) is 33.8 Å². The third-order valence-corrected chi connectivity index (χ3v) is 7.52. The predicted octanol–water partition coefficient (Wildman–Crippen LogP) is 8.45. The molecule has 3 N–H and O–H groups in total. The molecule has 42 heavy (non-hydrogen) atoms. The molecule has 0 radical (unpaired) electrons. The highest BCUT2D eigenvalue weighted by Gasteiger charge is 2.17. The van der Waals surface area contributed by atoms with Crippen molar-refractivity contribution in [2.45, 2.75) is 13.8 Å². The highest BCUT2D eigenvalue weighted by Crippen LogP contribution is 2.37. The van der Waals surface area contributed by atoms with E-state index in [-0.39, 0.29) is 11.7 Å². The highest BCUT2D eigenvalue weighted by molar-refractivity contribution is 6.05. The van der Waals surface area contributed by atoms with Crippen LogP contribution >= 0.6 is 0 Å². The molecule has 0 aliphatic carbocycles. The summed E-state index contributed by atoms with van der Waals surface area (Å²) in [5.74, 6) is -0.470. The van der Waals surface area contributed by atoms with Gasteiger partial charge < -0.3 is 10.3 Å². The van der Waals surface area contributed by atoms with Gasteiger partial charge in [0.25, 0.3) is 5.91 Å². The quantitative estimate of drug-likeness (QED) is 0.201. The molecule has 0 saturated heterocycles. The average molecular weight is 552 g/mol. The van der Waals surface area contributed by atoms with E-state index in [9.17, 15) is 9.18 Å². The number of hydrogen-bond acceptors (Lipinski definition) is 3. The van der Waals surface area contributed by atoms with Crippen LogP contribution < -0.4 is 5.32 Å². The van der Waals surface area contributed by atoms with Crippen LogP contribution in [-0.4, -0.2) is 26.1 Å². The number of carbonyl (C=O) groups is 1. The minimum atomic E-state index is -0.317. The molecule has 0 fully saturated rings. The molecular formula is C35H26FN5O. The molecule has 0 aliphatic heterocycles. The number of carbonyl (C=O) groups excluding carboxylic acids is 1. The fourth-order valence-corrected chi connectivity index (χ4v) is 5.54. The van der Waals surface area contributed by atoms with E-state index in [2.05, 4.69) is 50.6 Å². The van der Waals surface area contributed by atoms with Crippen LogP contribution in [0, 0.1) is 19.7 Å². The topological polar surface area (TPSA) is 86.5 Å². The zero-order chi connectivity index (χ0) is 28.8. The second-order valence-corrected chi connectivity index (χ2v) is 10.5. The maximum absolute atomic E-state index is 14.7. The first-order valence-corrected chi connectivity index (χ1v) is 13.6. The third-order valence-electron chi connectivity index (χ3n) is 7.52. The van der Waals surface area contributed by atoms with Crippen LogP contribution in [-0.2, 0) is 0 Å². The van der Waals surface area contributed by atoms with Crippen molar-refractivity contribution >= 4 is 33.4 Å². The van der Waals surface area contributed by atoms with Crippen molar-refractivity contribution in [1.29, 1.82) is 0 Å². The minimum Gasteiger partial charge on any atom is -0.353 e. The molecule has 6 nitrogen and oxygen atoms in total. The number of H-pyrrole nitrogens is 2. The fraction of sp³-hybridized carbons (Fsp3) is 0.0571. The number of anilines is 1. The lowest BCUT2D eigenvalue weighted by atomic mass is 9.96. The number of fused-ring (bicyclic) bond motifs is 2. The number of pyridine rings is 1. The molecule has 1 amide bonds. The number of aryl methyl sites for hydroxylation is 2. The van der Waals surface area contributed by atoms with Crippen LogP contribution in [0.4, 0.5) is 10.1 Å². The van der Waals surface area contributed by atoms with Gasteiger partial charge in [0, 0.05) is 39.3 Å². The molecule has 0 atom stereocenters. The largest absolute Gasteiger partial charge is 0.353 e. The lowest BCUT2D eigenvalue weighted by Gasteiger charge is -2.12. The zero-order valence-corrected chi connectivity index (χ0v) is 23.0. The number of rotatable bonds is 5. The summed E-state index contributed by atoms with van der Waals surface area (Å²) in [5, 5.41) is 12.6. The van der Waals surface area contributed by atoms with Crippen LogP contribution in [0.2, 0.25) is 0 Å². The van der Waals surface area contributed by atoms with Gasteiger partial charge in [-0.25, -0.2) is 4.39 Å². The van der Waals surface area contributed by atoms with E-state index >= 15 is 0 Å². The Labute approximate surface area is 241 Å². The van der Waals surface area contributed by atoms with Crippen molar-refractivity contribution in [3.63, 3.8) is 0 Å². The van der Waals surface area contributed by atoms with Gasteiger partial charge in [0.2, 0.25) is 0 Å². The Balaban J connectivity index is 1.30. The van der Waals surface area contributed by atoms with Crippen LogP contribution in [0.1, 0.15) is 21.5 Å². The van der Waals surface area contributed by atoms with Crippen molar-refractivity contribution < 1.29 is 9.18 Å². The second kappa shape index (κ2) is 10.1. The van der Waals surface area contributed by atoms with E-state index in [0.29, 0.717) is 16.8 Å². The molecule has 0 spiro atoms. The number of halogens is 1. The van der Waals surface area contributed by atoms with Crippen molar-refractivity contribution in [2.75, 3.05) is 5.32 Å². The number of nitrogens with one attached hydrogen (secondary N) is 3. The van der Waals surface area contributed by atoms with Gasteiger partial charge in [-0.2, -0.15) is 5.10 Å². The van der Waals surface area contributed by atoms with E-state index in [4.69, 9.17) is 0 Å². The van der Waals surface area contributed by atoms with E-state index in [1.807, 2.05) is 49.4 Å². The van der Waals surface area contributed by atoms with Gasteiger partial charge in [-0.05, 0) is 96.8 Å². The Kier molecular flexibility index (Phi) is 6.12. The van der Waals surface area contributed by atoms with Crippen LogP contribution in [0.5, 0.6) is 0 Å². The standard InChI is InChI=1S/C35H26FN5O/c1-20-14-23(17-24(15-20)38-35(42)22-8-4-3-5-9-22)26-18-27-31(16-21(26)2)40-41-34(27)32-19-28-30(39-32)12-13-37-33(28)25-10-6-7-11-29(25)36/h3-19,39H,1-2H3,(H,38,42)(H,40,41). The highest BCUT2D eigenvalue weighted by atomic mass is 19.1. The van der Waals surface area contributed by atoms with Crippen molar-refractivity contribution in [1.82, 2.24) is 20.2 Å². The first kappa shape index (κ1) is 25.4. The Morgan fingerprint density at radius 2 is 1.57 bits per heavy atom. The van der Waals surface area contributed by atoms with Gasteiger partial charge >= 0.3 is 0 Å². The first-order valence-electron chi connectivity index (χ1n) is 13.6. The molecule has 204 valence electrons. The minimum absolute atomic E-state index is 0.153. The summed E-state index contributed by atoms with van der Waals surface area (Å²) in [6.07, 6.45) is 1.68. The lowest BCUT2D eigenvalue weighted by molar-refractivity contribution is 0.102. The van der Waals surface area contributed by atoms with Crippen LogP contribution in [0.25, 0.3) is 55.6 Å². The summed E-state index contributed by atoms with van der Waals surface area (Å²) in [7, 11) is 0. The molecule has 7 aromatic rings. The third kappa shape index (κ3) is 4.51. The summed E-state index contributed by atoms with van der Waals surface area (Å²) in [5.41, 5.74) is 9.81. The zero-order valence-electron chi connectivity index (χ0n) is 23.0. The molecule has 4 aromatic carbocycles. The Morgan fingerprint density at radius 1 is 0.786 bits per heavy atom. The number of nitrogens with zero attached hydrogens (tertiary/aromatic N) is 2. The Bertz CT molecular complexity index is 2130. The molecule has 3 heterocycles. The summed E-state index contributed by atoms with van der Waals surface area (Å²) in [6.45, 7) is 4.08. The van der Waals surface area contributed by atoms with Gasteiger partial charge in [-0.3, -0.25) is 14.9 Å². The van der Waals surface area contributed by atoms with Crippen LogP contribution in [0.15, 0.2) is 103 Å². The normalized spacial score (nSPS) is 11.3. The Morgan fingerprint density at radius 3 is 2.40 bits per heavy atom. The summed E-state index contributed by atoms with van der Waals surface area (Å²) in [6, 6.07) is 30.0. The fourth-order valence-electron chi connectivity index (χ4n) is 5.54. The van der Waals surface area contributed by atoms with Gasteiger partial charge in [-0.15, -0.1) is 0 Å². The van der Waals surface area contributed by atoms with Crippen molar-refractivity contribution in [2.24, 2.45) is 0 Å². The summed E-state index contributed by atoms with van der Waals surface area (Å²) < 4.78 is 14.7. The van der Waals surface area contributed by atoms with Gasteiger partial charge in [-0.1, -0.05) is 36.4 Å². The number of aromatic nitrogens is 4. The van der Waals surface area contributed by atoms with Gasteiger partial charge in [0.05, 0.1) is 16.9 Å². The molecule has 7 heteroatoms. The smallest absolute Gasteiger partial charge is 0.255 e. The monoisotopic (exact) mass is 551 g/mol. The molecule has 7 rings (SSSR count). The summed E-state index contributed by atoms with van der Waals surface area (Å²) >= 11 is 0. The maximum atomic E-state index is 14.7. The molecule has 0 aliphatic rings. The number of amides is 1. The number of hydrogen-bond donors (Lipinski definition) is 3. The predicted molar refractivity (Wildman–Crippen MR) is 166 cm³/mol. The average Bonchev–Trinajstić information content (AvgIpc) is 3.61. The van der Waals surface area contributed by atoms with Gasteiger partial charge in [0.1, 0.15) is 11.5 Å². The number of benzene rings is 4. The van der Waals surface area contributed by atoms with E-state index in [0.717, 1.165) is 61.1 Å². The van der Waals surface area contributed by atoms with E-state index in [1.54, 1.807) is 36.5 Å². The van der Waals surface area contributed by atoms with Gasteiger partial charge in [0.15, 0.2) is 0 Å². The molecular weight excluding hydrogens is 525 g/mol. The van der Waals surface area contributed by atoms with Crippen LogP contribution in [0.3, 0.4) is 0 Å². The van der Waals surface area contributed by atoms with E-state index in [1.165, 1.54) is 6.07 Å². The lowest BCUT2D eigenvalue weighted by Crippen LogP contribution is -2.11. The first-order chi connectivity index (χ1) is 20.4. The van der Waals surface area contributed by atoms with Crippen molar-refractivity contribution in [3.05, 3.63) is 126 Å². The molecule has 0 bridgehead atoms. The molecule has 0 saturated carbocycles. The molecule has 3 aromatic heterocycles. The van der Waals surface area contributed by atoms with E-state index < -0.39 is 0 Å². The summed E-state index contributed by atoms with van der Waals surface area (Å²) in [4.78, 5) is 20.8. The Hall–Kier alpha value is -5.56. The molecule has 0 unspecified atom stereocenters. The second-order valence-electron chi connectivity index (χ2n) is 10.5. The number of aromatic amines is 2.